The molecule has 0 aromatic heterocycles. The van der Waals surface area contributed by atoms with Crippen LogP contribution < -0.4 is 0 Å². The minimum absolute atomic E-state index is 0.00714. The van der Waals surface area contributed by atoms with Crippen molar-refractivity contribution in [2.24, 2.45) is 0 Å². The van der Waals surface area contributed by atoms with Crippen molar-refractivity contribution in [1.82, 2.24) is 4.90 Å². The van der Waals surface area contributed by atoms with Gasteiger partial charge in [-0.2, -0.15) is 0 Å². The first kappa shape index (κ1) is 17.6. The molecule has 20 heavy (non-hydrogen) atoms. The molecule has 0 aliphatic rings. The summed E-state index contributed by atoms with van der Waals surface area (Å²) in [4.78, 5) is 13.5. The highest BCUT2D eigenvalue weighted by Gasteiger charge is 2.10. The number of halogens is 2. The Morgan fingerprint density at radius 2 is 2.15 bits per heavy atom. The topological polar surface area (TPSA) is 49.8 Å². The molecule has 0 radical (unpaired) electrons. The molecule has 0 atom stereocenters. The van der Waals surface area contributed by atoms with Gasteiger partial charge in [0, 0.05) is 35.9 Å². The third-order valence-corrected chi connectivity index (χ3v) is 4.24. The number of hydrogen-bond acceptors (Lipinski definition) is 4. The Balaban J connectivity index is 2.46. The van der Waals surface area contributed by atoms with Crippen molar-refractivity contribution < 1.29 is 14.6 Å². The average Bonchev–Trinajstić information content (AvgIpc) is 2.39. The van der Waals surface area contributed by atoms with E-state index in [-0.39, 0.29) is 6.54 Å². The summed E-state index contributed by atoms with van der Waals surface area (Å²) in [5.74, 6) is -0.108. The van der Waals surface area contributed by atoms with E-state index >= 15 is 0 Å². The van der Waals surface area contributed by atoms with Gasteiger partial charge in [-0.3, -0.25) is 9.69 Å². The lowest BCUT2D eigenvalue weighted by Crippen LogP contribution is -2.34. The number of methoxy groups -OCH3 is 1. The molecule has 0 amide bonds. The molecule has 0 fully saturated rings. The number of thioether (sulfide) groups is 1. The minimum atomic E-state index is -0.841. The van der Waals surface area contributed by atoms with Gasteiger partial charge in [-0.1, -0.05) is 23.2 Å². The third-order valence-electron chi connectivity index (χ3n) is 2.53. The van der Waals surface area contributed by atoms with Gasteiger partial charge in [-0.25, -0.2) is 0 Å². The lowest BCUT2D eigenvalue weighted by Gasteiger charge is -2.19. The lowest BCUT2D eigenvalue weighted by atomic mass is 10.4. The Morgan fingerprint density at radius 1 is 1.40 bits per heavy atom. The summed E-state index contributed by atoms with van der Waals surface area (Å²) >= 11 is 13.5. The van der Waals surface area contributed by atoms with Crippen molar-refractivity contribution in [1.29, 1.82) is 0 Å². The zero-order valence-electron chi connectivity index (χ0n) is 11.1. The van der Waals surface area contributed by atoms with Crippen LogP contribution in [0.1, 0.15) is 0 Å². The summed E-state index contributed by atoms with van der Waals surface area (Å²) in [5.41, 5.74) is 0. The van der Waals surface area contributed by atoms with E-state index in [0.29, 0.717) is 29.7 Å². The van der Waals surface area contributed by atoms with Crippen LogP contribution in [0.25, 0.3) is 0 Å². The fraction of sp³-hybridized carbons (Fsp3) is 0.462. The fourth-order valence-electron chi connectivity index (χ4n) is 1.55. The van der Waals surface area contributed by atoms with E-state index in [1.165, 1.54) is 0 Å². The van der Waals surface area contributed by atoms with Crippen molar-refractivity contribution in [3.63, 3.8) is 0 Å². The highest BCUT2D eigenvalue weighted by molar-refractivity contribution is 7.99. The zero-order chi connectivity index (χ0) is 15.0. The molecule has 0 saturated heterocycles. The quantitative estimate of drug-likeness (QED) is 0.701. The van der Waals surface area contributed by atoms with E-state index in [1.54, 1.807) is 31.0 Å². The molecule has 7 heteroatoms. The molecule has 112 valence electrons. The maximum absolute atomic E-state index is 10.8. The van der Waals surface area contributed by atoms with Crippen LogP contribution in [0.2, 0.25) is 10.0 Å². The van der Waals surface area contributed by atoms with E-state index in [2.05, 4.69) is 0 Å². The van der Waals surface area contributed by atoms with E-state index < -0.39 is 5.97 Å². The van der Waals surface area contributed by atoms with Crippen LogP contribution in [0.5, 0.6) is 0 Å². The Hall–Kier alpha value is -0.460. The first-order valence-electron chi connectivity index (χ1n) is 6.04. The number of carboxylic acids is 1. The molecule has 0 saturated carbocycles. The van der Waals surface area contributed by atoms with Crippen LogP contribution in [-0.4, -0.2) is 55.1 Å². The number of benzene rings is 1. The monoisotopic (exact) mass is 337 g/mol. The standard InChI is InChI=1S/C13H17Cl2NO3S/c1-19-6-4-16(9-13(17)18)5-7-20-12-8-10(14)2-3-11(12)15/h2-3,8H,4-7,9H2,1H3,(H,17,18). The van der Waals surface area contributed by atoms with Gasteiger partial charge in [0.1, 0.15) is 0 Å². The maximum Gasteiger partial charge on any atom is 0.317 e. The fourth-order valence-corrected chi connectivity index (χ4v) is 3.06. The van der Waals surface area contributed by atoms with Crippen molar-refractivity contribution in [2.75, 3.05) is 39.1 Å². The van der Waals surface area contributed by atoms with Gasteiger partial charge in [0.2, 0.25) is 0 Å². The van der Waals surface area contributed by atoms with Gasteiger partial charge in [-0.05, 0) is 18.2 Å². The largest absolute Gasteiger partial charge is 0.480 e. The summed E-state index contributed by atoms with van der Waals surface area (Å²) in [7, 11) is 1.60. The van der Waals surface area contributed by atoms with Gasteiger partial charge in [0.15, 0.2) is 0 Å². The van der Waals surface area contributed by atoms with Crippen LogP contribution in [0, 0.1) is 0 Å². The van der Waals surface area contributed by atoms with Crippen LogP contribution in [0.4, 0.5) is 0 Å². The van der Waals surface area contributed by atoms with Crippen LogP contribution in [-0.2, 0) is 9.53 Å². The van der Waals surface area contributed by atoms with Gasteiger partial charge in [-0.15, -0.1) is 11.8 Å². The Bertz CT molecular complexity index is 446. The van der Waals surface area contributed by atoms with E-state index in [0.717, 1.165) is 10.6 Å². The molecule has 0 aliphatic heterocycles. The summed E-state index contributed by atoms with van der Waals surface area (Å²) in [6.07, 6.45) is 0. The predicted octanol–water partition coefficient (Wildman–Crippen LogP) is 3.12. The van der Waals surface area contributed by atoms with Crippen molar-refractivity contribution in [2.45, 2.75) is 4.90 Å². The minimum Gasteiger partial charge on any atom is -0.480 e. The van der Waals surface area contributed by atoms with Crippen molar-refractivity contribution in [3.8, 4) is 0 Å². The highest BCUT2D eigenvalue weighted by Crippen LogP contribution is 2.29. The molecule has 1 aromatic carbocycles. The molecule has 0 heterocycles. The Kier molecular flexibility index (Phi) is 8.33. The molecule has 0 spiro atoms. The van der Waals surface area contributed by atoms with Gasteiger partial charge < -0.3 is 9.84 Å². The average molecular weight is 338 g/mol. The summed E-state index contributed by atoms with van der Waals surface area (Å²) in [6.45, 7) is 1.75. The number of carboxylic acid groups (broad SMARTS) is 1. The molecule has 1 aromatic rings. The number of ether oxygens (including phenoxy) is 1. The van der Waals surface area contributed by atoms with E-state index in [1.807, 2.05) is 11.0 Å². The number of carbonyl (C=O) groups is 1. The van der Waals surface area contributed by atoms with Crippen LogP contribution in [0.3, 0.4) is 0 Å². The van der Waals surface area contributed by atoms with Crippen molar-refractivity contribution in [3.05, 3.63) is 28.2 Å². The first-order valence-corrected chi connectivity index (χ1v) is 7.78. The smallest absolute Gasteiger partial charge is 0.317 e. The molecular formula is C13H17Cl2NO3S. The number of aliphatic carboxylic acids is 1. The Labute approximate surface area is 133 Å². The number of hydrogen-bond donors (Lipinski definition) is 1. The third kappa shape index (κ3) is 6.81. The number of nitrogens with zero attached hydrogens (tertiary/aromatic N) is 1. The van der Waals surface area contributed by atoms with Gasteiger partial charge >= 0.3 is 5.97 Å². The van der Waals surface area contributed by atoms with Crippen molar-refractivity contribution >= 4 is 40.9 Å². The molecule has 0 unspecified atom stereocenters. The van der Waals surface area contributed by atoms with E-state index in [9.17, 15) is 4.79 Å². The first-order chi connectivity index (χ1) is 9.52. The molecule has 4 nitrogen and oxygen atoms in total. The zero-order valence-corrected chi connectivity index (χ0v) is 13.5. The maximum atomic E-state index is 10.8. The normalized spacial score (nSPS) is 11.0. The SMILES string of the molecule is COCCN(CCSc1cc(Cl)ccc1Cl)CC(=O)O. The van der Waals surface area contributed by atoms with Crippen LogP contribution >= 0.6 is 35.0 Å². The number of rotatable bonds is 9. The molecule has 0 bridgehead atoms. The van der Waals surface area contributed by atoms with Crippen LogP contribution in [0.15, 0.2) is 23.1 Å². The highest BCUT2D eigenvalue weighted by atomic mass is 35.5. The second-order valence-corrected chi connectivity index (χ2v) is 6.07. The van der Waals surface area contributed by atoms with Gasteiger partial charge in [0.25, 0.3) is 0 Å². The van der Waals surface area contributed by atoms with E-state index in [4.69, 9.17) is 33.0 Å². The lowest BCUT2D eigenvalue weighted by molar-refractivity contribution is -0.138. The van der Waals surface area contributed by atoms with Gasteiger partial charge in [0.05, 0.1) is 18.2 Å². The Morgan fingerprint density at radius 3 is 2.80 bits per heavy atom. The second kappa shape index (κ2) is 9.47. The molecule has 1 N–H and O–H groups in total. The second-order valence-electron chi connectivity index (χ2n) is 4.09. The predicted molar refractivity (Wildman–Crippen MR) is 83.1 cm³/mol. The summed E-state index contributed by atoms with van der Waals surface area (Å²) < 4.78 is 4.97. The molecular weight excluding hydrogens is 321 g/mol. The summed E-state index contributed by atoms with van der Waals surface area (Å²) in [6, 6.07) is 5.31. The summed E-state index contributed by atoms with van der Waals surface area (Å²) in [5, 5.41) is 10.1. The molecule has 1 rings (SSSR count). The molecule has 0 aliphatic carbocycles.